The minimum Gasteiger partial charge on any atom is -0.349 e. The minimum absolute atomic E-state index is 0.0508. The van der Waals surface area contributed by atoms with Crippen LogP contribution in [-0.4, -0.2) is 32.1 Å². The molecule has 0 radical (unpaired) electrons. The number of benzene rings is 1. The summed E-state index contributed by atoms with van der Waals surface area (Å²) in [4.78, 5) is 14.7. The second kappa shape index (κ2) is 6.58. The second-order valence-corrected chi connectivity index (χ2v) is 7.83. The van der Waals surface area contributed by atoms with Crippen molar-refractivity contribution < 1.29 is 8.96 Å². The van der Waals surface area contributed by atoms with Gasteiger partial charge in [0.1, 0.15) is 17.5 Å². The van der Waals surface area contributed by atoms with Crippen LogP contribution >= 0.6 is 0 Å². The number of nitrogens with two attached hydrogens (primary N) is 1. The maximum absolute atomic E-state index is 13.8. The molecule has 2 aliphatic rings. The van der Waals surface area contributed by atoms with E-state index in [0.717, 1.165) is 39.5 Å². The molecule has 0 amide bonds. The number of rotatable bonds is 3. The summed E-state index contributed by atoms with van der Waals surface area (Å²) in [6.45, 7) is 1.80. The molecule has 0 bridgehead atoms. The van der Waals surface area contributed by atoms with Gasteiger partial charge in [-0.25, -0.2) is 4.98 Å². The molecule has 0 spiro atoms. The van der Waals surface area contributed by atoms with E-state index >= 15 is 0 Å². The molecular weight excluding hydrogens is 391 g/mol. The molecule has 7 heteroatoms. The number of imidazole rings is 1. The topological polar surface area (TPSA) is 74.5 Å². The molecule has 5 heterocycles. The van der Waals surface area contributed by atoms with Gasteiger partial charge in [0.2, 0.25) is 11.8 Å². The molecule has 2 atom stereocenters. The molecular formula is C24H20FN6+. The molecule has 152 valence electrons. The van der Waals surface area contributed by atoms with E-state index in [9.17, 15) is 4.39 Å². The number of aryl methyl sites for hydroxylation is 1. The van der Waals surface area contributed by atoms with Gasteiger partial charge in [-0.3, -0.25) is 4.98 Å². The Bertz CT molecular complexity index is 1390. The molecule has 3 N–H and O–H groups in total. The van der Waals surface area contributed by atoms with Crippen molar-refractivity contribution in [1.82, 2.24) is 19.9 Å². The Balaban J connectivity index is 1.63. The van der Waals surface area contributed by atoms with Crippen molar-refractivity contribution in [3.63, 3.8) is 0 Å². The van der Waals surface area contributed by atoms with E-state index < -0.39 is 5.95 Å². The van der Waals surface area contributed by atoms with Gasteiger partial charge in [-0.15, -0.1) is 0 Å². The number of nitrogens with zero attached hydrogens (tertiary/aromatic N) is 4. The van der Waals surface area contributed by atoms with Crippen molar-refractivity contribution in [2.24, 2.45) is 5.73 Å². The number of halogens is 1. The summed E-state index contributed by atoms with van der Waals surface area (Å²) in [6.07, 6.45) is 6.01. The molecule has 2 aliphatic heterocycles. The quantitative estimate of drug-likeness (QED) is 0.308. The van der Waals surface area contributed by atoms with Crippen molar-refractivity contribution in [1.29, 1.82) is 0 Å². The molecule has 2 unspecified atom stereocenters. The van der Waals surface area contributed by atoms with Gasteiger partial charge in [0, 0.05) is 11.8 Å². The minimum atomic E-state index is -0.503. The lowest BCUT2D eigenvalue weighted by atomic mass is 10.1. The number of nitrogens with one attached hydrogen (secondary N) is 1. The number of H-pyrrole nitrogens is 1. The Morgan fingerprint density at radius 1 is 1.06 bits per heavy atom. The van der Waals surface area contributed by atoms with Crippen LogP contribution in [0.15, 0.2) is 72.9 Å². The maximum atomic E-state index is 13.8. The van der Waals surface area contributed by atoms with E-state index in [0.29, 0.717) is 5.69 Å². The Labute approximate surface area is 178 Å². The fraction of sp³-hybridized carbons (Fsp3) is 0.125. The molecule has 1 fully saturated rings. The molecule has 31 heavy (non-hydrogen) atoms. The van der Waals surface area contributed by atoms with Crippen LogP contribution in [-0.2, 0) is 0 Å². The van der Waals surface area contributed by atoms with Crippen molar-refractivity contribution in [2.45, 2.75) is 19.1 Å². The molecule has 3 aromatic heterocycles. The Kier molecular flexibility index (Phi) is 3.82. The van der Waals surface area contributed by atoms with E-state index in [-0.39, 0.29) is 12.2 Å². The zero-order chi connectivity index (χ0) is 21.1. The Morgan fingerprint density at radius 2 is 1.90 bits per heavy atom. The number of pyridine rings is 2. The molecule has 0 saturated carbocycles. The second-order valence-electron chi connectivity index (χ2n) is 7.83. The van der Waals surface area contributed by atoms with Gasteiger partial charge < -0.3 is 10.6 Å². The van der Waals surface area contributed by atoms with Gasteiger partial charge in [0.05, 0.1) is 17.3 Å². The van der Waals surface area contributed by atoms with Gasteiger partial charge in [-0.05, 0) is 43.3 Å². The van der Waals surface area contributed by atoms with Crippen molar-refractivity contribution in [2.75, 3.05) is 0 Å². The number of allylic oxidation sites excluding steroid dienone is 2. The Morgan fingerprint density at radius 3 is 2.71 bits per heavy atom. The van der Waals surface area contributed by atoms with Crippen LogP contribution in [0.4, 0.5) is 4.39 Å². The number of aromatic nitrogens is 4. The fourth-order valence-electron chi connectivity index (χ4n) is 4.34. The third kappa shape index (κ3) is 2.78. The average molecular weight is 411 g/mol. The number of fused-ring (bicyclic) bond motifs is 2. The lowest BCUT2D eigenvalue weighted by Crippen LogP contribution is -2.37. The first-order valence-electron chi connectivity index (χ1n) is 10.2. The zero-order valence-corrected chi connectivity index (χ0v) is 16.8. The molecule has 6 rings (SSSR count). The number of hydrogen-bond acceptors (Lipinski definition) is 4. The van der Waals surface area contributed by atoms with Crippen molar-refractivity contribution in [3.8, 4) is 16.9 Å². The monoisotopic (exact) mass is 411 g/mol. The summed E-state index contributed by atoms with van der Waals surface area (Å²) in [5, 5.41) is 0. The van der Waals surface area contributed by atoms with Gasteiger partial charge in [-0.1, -0.05) is 35.3 Å². The lowest BCUT2D eigenvalue weighted by Gasteiger charge is -2.10. The van der Waals surface area contributed by atoms with E-state index in [1.807, 2.05) is 59.3 Å². The van der Waals surface area contributed by atoms with Gasteiger partial charge in [0.25, 0.3) is 0 Å². The highest BCUT2D eigenvalue weighted by atomic mass is 19.1. The van der Waals surface area contributed by atoms with Crippen LogP contribution < -0.4 is 10.3 Å². The highest BCUT2D eigenvalue weighted by Crippen LogP contribution is 2.38. The van der Waals surface area contributed by atoms with E-state index in [2.05, 4.69) is 20.9 Å². The maximum Gasteiger partial charge on any atom is 0.307 e. The van der Waals surface area contributed by atoms with Crippen molar-refractivity contribution in [3.05, 3.63) is 90.4 Å². The van der Waals surface area contributed by atoms with Crippen LogP contribution in [0, 0.1) is 12.9 Å². The Hall–Kier alpha value is -3.84. The van der Waals surface area contributed by atoms with Crippen molar-refractivity contribution >= 4 is 16.7 Å². The third-order valence-corrected chi connectivity index (χ3v) is 5.92. The van der Waals surface area contributed by atoms with E-state index in [1.165, 1.54) is 6.07 Å². The van der Waals surface area contributed by atoms with Crippen LogP contribution in [0.2, 0.25) is 0 Å². The normalized spacial score (nSPS) is 19.5. The predicted octanol–water partition coefficient (Wildman–Crippen LogP) is 3.23. The van der Waals surface area contributed by atoms with Crippen LogP contribution in [0.1, 0.15) is 11.5 Å². The molecule has 6 nitrogen and oxygen atoms in total. The largest absolute Gasteiger partial charge is 0.349 e. The highest BCUT2D eigenvalue weighted by Gasteiger charge is 2.49. The summed E-state index contributed by atoms with van der Waals surface area (Å²) >= 11 is 0. The van der Waals surface area contributed by atoms with Gasteiger partial charge in [0.15, 0.2) is 5.52 Å². The fourth-order valence-corrected chi connectivity index (χ4v) is 4.34. The summed E-state index contributed by atoms with van der Waals surface area (Å²) in [6, 6.07) is 17.3. The van der Waals surface area contributed by atoms with E-state index in [1.54, 1.807) is 13.0 Å². The first-order valence-corrected chi connectivity index (χ1v) is 10.2. The van der Waals surface area contributed by atoms with Gasteiger partial charge >= 0.3 is 5.65 Å². The average Bonchev–Trinajstić information content (AvgIpc) is 3.30. The van der Waals surface area contributed by atoms with Crippen LogP contribution in [0.3, 0.4) is 0 Å². The molecule has 1 saturated heterocycles. The first kappa shape index (κ1) is 18.0. The molecule has 4 aromatic rings. The zero-order valence-electron chi connectivity index (χ0n) is 16.8. The van der Waals surface area contributed by atoms with Crippen LogP contribution in [0.5, 0.6) is 0 Å². The summed E-state index contributed by atoms with van der Waals surface area (Å²) < 4.78 is 15.8. The number of hydrogen-bond donors (Lipinski definition) is 2. The van der Waals surface area contributed by atoms with Crippen LogP contribution in [0.25, 0.3) is 33.7 Å². The first-order chi connectivity index (χ1) is 15.1. The van der Waals surface area contributed by atoms with Gasteiger partial charge in [-0.2, -0.15) is 8.96 Å². The summed E-state index contributed by atoms with van der Waals surface area (Å²) in [5.41, 5.74) is 12.2. The lowest BCUT2D eigenvalue weighted by molar-refractivity contribution is -0.572. The third-order valence-electron chi connectivity index (χ3n) is 5.92. The SMILES string of the molecule is Cc1nc(F)ccc1-[n+]1c(C2=CC=CN3C(N)C23)[nH]c2ccc(-c3ccccc3)nc21. The smallest absolute Gasteiger partial charge is 0.307 e. The number of aromatic amines is 1. The predicted molar refractivity (Wildman–Crippen MR) is 116 cm³/mol. The summed E-state index contributed by atoms with van der Waals surface area (Å²) in [7, 11) is 0. The molecule has 0 aliphatic carbocycles. The molecule has 1 aromatic carbocycles. The van der Waals surface area contributed by atoms with E-state index in [4.69, 9.17) is 10.7 Å². The highest BCUT2D eigenvalue weighted by molar-refractivity contribution is 5.78. The standard InChI is InChI=1S/C24H19FN6/c1-14-19(11-12-20(25)27-14)31-23(16-8-5-13-30-21(16)22(30)26)29-18-10-9-17(28-24(18)31)15-6-3-2-4-7-15/h2-13,21-22H,26H2,1H3/p+1. The summed E-state index contributed by atoms with van der Waals surface area (Å²) in [5.74, 6) is 0.368.